The van der Waals surface area contributed by atoms with Gasteiger partial charge in [0.25, 0.3) is 0 Å². The van der Waals surface area contributed by atoms with Crippen molar-refractivity contribution in [1.29, 1.82) is 0 Å². The number of nitrogens with zero attached hydrogens (tertiary/aromatic N) is 1. The van der Waals surface area contributed by atoms with Gasteiger partial charge in [0.05, 0.1) is 5.69 Å². The smallest absolute Gasteiger partial charge is 0.106 e. The molecule has 0 fully saturated rings. The fourth-order valence-corrected chi connectivity index (χ4v) is 1.27. The van der Waals surface area contributed by atoms with Crippen molar-refractivity contribution in [3.05, 3.63) is 17.2 Å². The topological polar surface area (TPSA) is 48.9 Å². The van der Waals surface area contributed by atoms with E-state index >= 15 is 0 Å². The molecule has 68 valence electrons. The van der Waals surface area contributed by atoms with Crippen LogP contribution in [-0.2, 0) is 12.8 Å². The van der Waals surface area contributed by atoms with Gasteiger partial charge in [-0.3, -0.25) is 0 Å². The number of aromatic amines is 1. The third-order valence-corrected chi connectivity index (χ3v) is 1.87. The number of aromatic nitrogens is 2. The predicted molar refractivity (Wildman–Crippen MR) is 48.1 cm³/mol. The van der Waals surface area contributed by atoms with Crippen molar-refractivity contribution in [1.82, 2.24) is 9.97 Å². The van der Waals surface area contributed by atoms with Crippen LogP contribution in [-0.4, -0.2) is 21.7 Å². The number of hydrogen-bond acceptors (Lipinski definition) is 2. The second-order valence-corrected chi connectivity index (χ2v) is 2.98. The summed E-state index contributed by atoms with van der Waals surface area (Å²) in [5, 5.41) is 8.73. The quantitative estimate of drug-likeness (QED) is 0.709. The Balaban J connectivity index is 2.70. The zero-order chi connectivity index (χ0) is 8.97. The molecule has 0 aliphatic carbocycles. The van der Waals surface area contributed by atoms with E-state index < -0.39 is 0 Å². The molecule has 0 radical (unpaired) electrons. The van der Waals surface area contributed by atoms with Crippen LogP contribution in [0.3, 0.4) is 0 Å². The number of hydrogen-bond donors (Lipinski definition) is 2. The minimum atomic E-state index is 0.178. The number of aliphatic hydroxyl groups excluding tert-OH is 1. The summed E-state index contributed by atoms with van der Waals surface area (Å²) in [6.07, 6.45) is 2.75. The van der Waals surface area contributed by atoms with E-state index in [1.807, 2.05) is 6.92 Å². The first-order chi connectivity index (χ1) is 5.77. The summed E-state index contributed by atoms with van der Waals surface area (Å²) in [5.74, 6) is 1.04. The zero-order valence-electron chi connectivity index (χ0n) is 7.72. The first-order valence-corrected chi connectivity index (χ1v) is 4.43. The molecule has 0 saturated heterocycles. The van der Waals surface area contributed by atoms with Gasteiger partial charge in [-0.15, -0.1) is 0 Å². The Morgan fingerprint density at radius 2 is 2.17 bits per heavy atom. The van der Waals surface area contributed by atoms with Gasteiger partial charge in [0, 0.05) is 25.1 Å². The van der Waals surface area contributed by atoms with Gasteiger partial charge in [-0.05, 0) is 13.3 Å². The second kappa shape index (κ2) is 4.26. The van der Waals surface area contributed by atoms with Gasteiger partial charge in [0.1, 0.15) is 5.82 Å². The van der Waals surface area contributed by atoms with Crippen molar-refractivity contribution in [3.63, 3.8) is 0 Å². The van der Waals surface area contributed by atoms with E-state index in [-0.39, 0.29) is 6.61 Å². The Hall–Kier alpha value is -0.830. The average molecular weight is 168 g/mol. The lowest BCUT2D eigenvalue weighted by Gasteiger charge is -1.90. The Morgan fingerprint density at radius 3 is 2.75 bits per heavy atom. The third-order valence-electron chi connectivity index (χ3n) is 1.87. The van der Waals surface area contributed by atoms with Crippen LogP contribution < -0.4 is 0 Å². The van der Waals surface area contributed by atoms with Gasteiger partial charge < -0.3 is 10.1 Å². The molecular weight excluding hydrogens is 152 g/mol. The highest BCUT2D eigenvalue weighted by molar-refractivity contribution is 5.13. The first-order valence-electron chi connectivity index (χ1n) is 4.43. The maximum atomic E-state index is 8.73. The van der Waals surface area contributed by atoms with Gasteiger partial charge in [-0.25, -0.2) is 4.98 Å². The number of imidazole rings is 1. The molecule has 0 spiro atoms. The van der Waals surface area contributed by atoms with Crippen LogP contribution in [0.2, 0.25) is 0 Å². The molecule has 1 rings (SSSR count). The number of aliphatic hydroxyl groups is 1. The fourth-order valence-electron chi connectivity index (χ4n) is 1.27. The van der Waals surface area contributed by atoms with Crippen LogP contribution in [0.4, 0.5) is 0 Å². The normalized spacial score (nSPS) is 10.6. The lowest BCUT2D eigenvalue weighted by atomic mass is 10.3. The van der Waals surface area contributed by atoms with Gasteiger partial charge in [-0.1, -0.05) is 6.92 Å². The van der Waals surface area contributed by atoms with Crippen LogP contribution >= 0.6 is 0 Å². The van der Waals surface area contributed by atoms with Crippen molar-refractivity contribution >= 4 is 0 Å². The maximum absolute atomic E-state index is 8.73. The monoisotopic (exact) mass is 168 g/mol. The van der Waals surface area contributed by atoms with E-state index in [1.165, 1.54) is 0 Å². The van der Waals surface area contributed by atoms with Crippen molar-refractivity contribution < 1.29 is 5.11 Å². The SMILES string of the molecule is CCCc1nc(CCO)c(C)[nH]1. The van der Waals surface area contributed by atoms with E-state index in [2.05, 4.69) is 16.9 Å². The summed E-state index contributed by atoms with van der Waals surface area (Å²) in [6, 6.07) is 0. The lowest BCUT2D eigenvalue weighted by molar-refractivity contribution is 0.298. The molecule has 12 heavy (non-hydrogen) atoms. The summed E-state index contributed by atoms with van der Waals surface area (Å²) in [7, 11) is 0. The molecule has 0 aromatic carbocycles. The van der Waals surface area contributed by atoms with Crippen LogP contribution in [0.25, 0.3) is 0 Å². The Kier molecular flexibility index (Phi) is 3.29. The Morgan fingerprint density at radius 1 is 1.42 bits per heavy atom. The molecule has 0 aliphatic heterocycles. The van der Waals surface area contributed by atoms with Gasteiger partial charge in [-0.2, -0.15) is 0 Å². The highest BCUT2D eigenvalue weighted by Gasteiger charge is 2.04. The van der Waals surface area contributed by atoms with Crippen molar-refractivity contribution in [2.45, 2.75) is 33.1 Å². The molecule has 1 heterocycles. The highest BCUT2D eigenvalue weighted by Crippen LogP contribution is 2.06. The standard InChI is InChI=1S/C9H16N2O/c1-3-4-9-10-7(2)8(11-9)5-6-12/h12H,3-6H2,1-2H3,(H,10,11). The summed E-state index contributed by atoms with van der Waals surface area (Å²) in [5.41, 5.74) is 2.09. The van der Waals surface area contributed by atoms with Gasteiger partial charge in [0.15, 0.2) is 0 Å². The average Bonchev–Trinajstić information content (AvgIpc) is 2.34. The molecule has 0 unspecified atom stereocenters. The molecule has 2 N–H and O–H groups in total. The zero-order valence-corrected chi connectivity index (χ0v) is 7.72. The number of nitrogens with one attached hydrogen (secondary N) is 1. The van der Waals surface area contributed by atoms with E-state index in [4.69, 9.17) is 5.11 Å². The number of H-pyrrole nitrogens is 1. The molecule has 0 amide bonds. The fraction of sp³-hybridized carbons (Fsp3) is 0.667. The largest absolute Gasteiger partial charge is 0.396 e. The van der Waals surface area contributed by atoms with E-state index in [0.717, 1.165) is 30.1 Å². The lowest BCUT2D eigenvalue weighted by Crippen LogP contribution is -1.93. The van der Waals surface area contributed by atoms with Gasteiger partial charge >= 0.3 is 0 Å². The van der Waals surface area contributed by atoms with Crippen molar-refractivity contribution in [2.24, 2.45) is 0 Å². The molecule has 0 saturated carbocycles. The highest BCUT2D eigenvalue weighted by atomic mass is 16.3. The summed E-state index contributed by atoms with van der Waals surface area (Å²) in [4.78, 5) is 7.58. The Bertz CT molecular complexity index is 243. The molecule has 0 atom stereocenters. The Labute approximate surface area is 72.8 Å². The minimum absolute atomic E-state index is 0.178. The summed E-state index contributed by atoms with van der Waals surface area (Å²) < 4.78 is 0. The van der Waals surface area contributed by atoms with Crippen LogP contribution in [0.1, 0.15) is 30.6 Å². The molecule has 0 bridgehead atoms. The van der Waals surface area contributed by atoms with Crippen molar-refractivity contribution in [2.75, 3.05) is 6.61 Å². The van der Waals surface area contributed by atoms with E-state index in [1.54, 1.807) is 0 Å². The number of rotatable bonds is 4. The minimum Gasteiger partial charge on any atom is -0.396 e. The molecule has 1 aromatic heterocycles. The van der Waals surface area contributed by atoms with Crippen LogP contribution in [0, 0.1) is 6.92 Å². The molecule has 3 nitrogen and oxygen atoms in total. The molecule has 1 aromatic rings. The first kappa shape index (κ1) is 9.26. The molecule has 3 heteroatoms. The summed E-state index contributed by atoms with van der Waals surface area (Å²) >= 11 is 0. The predicted octanol–water partition coefficient (Wildman–Crippen LogP) is 1.21. The van der Waals surface area contributed by atoms with Crippen LogP contribution in [0.15, 0.2) is 0 Å². The van der Waals surface area contributed by atoms with E-state index in [9.17, 15) is 0 Å². The van der Waals surface area contributed by atoms with Crippen LogP contribution in [0.5, 0.6) is 0 Å². The van der Waals surface area contributed by atoms with Crippen molar-refractivity contribution in [3.8, 4) is 0 Å². The third kappa shape index (κ3) is 2.08. The molecular formula is C9H16N2O. The van der Waals surface area contributed by atoms with E-state index in [0.29, 0.717) is 6.42 Å². The number of aryl methyl sites for hydroxylation is 2. The second-order valence-electron chi connectivity index (χ2n) is 2.98. The molecule has 0 aliphatic rings. The van der Waals surface area contributed by atoms with Gasteiger partial charge in [0.2, 0.25) is 0 Å². The summed E-state index contributed by atoms with van der Waals surface area (Å²) in [6.45, 7) is 4.30. The maximum Gasteiger partial charge on any atom is 0.106 e.